The molecule has 27 heavy (non-hydrogen) atoms. The third kappa shape index (κ3) is 5.53. The van der Waals surface area contributed by atoms with Crippen LogP contribution in [0.25, 0.3) is 0 Å². The largest absolute Gasteiger partial charge is 0.360 e. The maximum Gasteiger partial charge on any atom is 0.275 e. The minimum Gasteiger partial charge on any atom is -0.360 e. The van der Waals surface area contributed by atoms with Gasteiger partial charge in [0.15, 0.2) is 6.54 Å². The quantitative estimate of drug-likeness (QED) is 0.696. The van der Waals surface area contributed by atoms with E-state index in [2.05, 4.69) is 21.4 Å². The van der Waals surface area contributed by atoms with Crippen LogP contribution in [-0.4, -0.2) is 55.0 Å². The van der Waals surface area contributed by atoms with E-state index in [1.54, 1.807) is 0 Å². The summed E-state index contributed by atoms with van der Waals surface area (Å²) in [7, 11) is 0. The molecule has 146 valence electrons. The second-order valence-electron chi connectivity index (χ2n) is 7.24. The number of hydrogen-bond acceptors (Lipinski definition) is 3. The fraction of sp³-hybridized carbons (Fsp3) is 0.500. The van der Waals surface area contributed by atoms with Crippen LogP contribution in [-0.2, 0) is 11.3 Å². The number of aromatic nitrogens is 2. The van der Waals surface area contributed by atoms with Crippen LogP contribution < -0.4 is 15.1 Å². The molecule has 3 rings (SSSR count). The fourth-order valence-electron chi connectivity index (χ4n) is 3.56. The fourth-order valence-corrected chi connectivity index (χ4v) is 3.56. The Balaban J connectivity index is 1.33. The molecule has 1 saturated heterocycles. The van der Waals surface area contributed by atoms with Crippen molar-refractivity contribution >= 4 is 11.6 Å². The van der Waals surface area contributed by atoms with Gasteiger partial charge in [0.05, 0.1) is 31.9 Å². The van der Waals surface area contributed by atoms with Gasteiger partial charge in [-0.2, -0.15) is 5.10 Å². The zero-order valence-corrected chi connectivity index (χ0v) is 16.2. The molecule has 6 nitrogen and oxygen atoms in total. The van der Waals surface area contributed by atoms with Crippen molar-refractivity contribution in [1.82, 2.24) is 15.1 Å². The van der Waals surface area contributed by atoms with Crippen LogP contribution in [0.1, 0.15) is 17.8 Å². The number of rotatable bonds is 7. The molecule has 0 spiro atoms. The van der Waals surface area contributed by atoms with Gasteiger partial charge in [0.1, 0.15) is 5.82 Å². The van der Waals surface area contributed by atoms with Crippen molar-refractivity contribution < 1.29 is 14.1 Å². The maximum atomic E-state index is 13.0. The van der Waals surface area contributed by atoms with Gasteiger partial charge in [-0.15, -0.1) is 0 Å². The van der Waals surface area contributed by atoms with Gasteiger partial charge in [-0.25, -0.2) is 4.39 Å². The Hall–Kier alpha value is -2.41. The van der Waals surface area contributed by atoms with Crippen molar-refractivity contribution in [1.29, 1.82) is 0 Å². The SMILES string of the molecule is Cc1cc(C)n(CCCNC(=O)C[NH+]2CCN(c3ccc(F)cc3)CC2)n1. The minimum atomic E-state index is -0.211. The van der Waals surface area contributed by atoms with E-state index < -0.39 is 0 Å². The van der Waals surface area contributed by atoms with Gasteiger partial charge in [0.2, 0.25) is 0 Å². The topological polar surface area (TPSA) is 54.6 Å². The highest BCUT2D eigenvalue weighted by molar-refractivity contribution is 5.76. The Morgan fingerprint density at radius 1 is 1.22 bits per heavy atom. The number of benzene rings is 1. The molecule has 1 fully saturated rings. The van der Waals surface area contributed by atoms with Gasteiger partial charge in [0, 0.05) is 24.5 Å². The summed E-state index contributed by atoms with van der Waals surface area (Å²) in [6.45, 7) is 9.63. The molecule has 1 aromatic carbocycles. The second-order valence-corrected chi connectivity index (χ2v) is 7.24. The van der Waals surface area contributed by atoms with Crippen LogP contribution in [0.15, 0.2) is 30.3 Å². The maximum absolute atomic E-state index is 13.0. The van der Waals surface area contributed by atoms with Gasteiger partial charge in [-0.1, -0.05) is 0 Å². The van der Waals surface area contributed by atoms with Crippen molar-refractivity contribution in [2.45, 2.75) is 26.8 Å². The van der Waals surface area contributed by atoms with Crippen molar-refractivity contribution in [3.05, 3.63) is 47.5 Å². The lowest BCUT2D eigenvalue weighted by atomic mass is 10.2. The molecule has 1 amide bonds. The summed E-state index contributed by atoms with van der Waals surface area (Å²) in [4.78, 5) is 15.7. The van der Waals surface area contributed by atoms with E-state index >= 15 is 0 Å². The average molecular weight is 374 g/mol. The number of halogens is 1. The van der Waals surface area contributed by atoms with E-state index in [9.17, 15) is 9.18 Å². The number of carbonyl (C=O) groups excluding carboxylic acids is 1. The van der Waals surface area contributed by atoms with Crippen LogP contribution in [0.4, 0.5) is 10.1 Å². The summed E-state index contributed by atoms with van der Waals surface area (Å²) in [5.74, 6) is -0.105. The zero-order valence-electron chi connectivity index (χ0n) is 16.2. The Morgan fingerprint density at radius 3 is 2.56 bits per heavy atom. The number of nitrogens with one attached hydrogen (secondary N) is 2. The standard InChI is InChI=1S/C20H28FN5O/c1-16-14-17(2)26(23-16)9-3-8-22-20(27)15-24-10-12-25(13-11-24)19-6-4-18(21)5-7-19/h4-7,14H,3,8-13,15H2,1-2H3,(H,22,27)/p+1. The number of amides is 1. The Bertz CT molecular complexity index is 750. The van der Waals surface area contributed by atoms with Crippen molar-refractivity contribution in [3.8, 4) is 0 Å². The Morgan fingerprint density at radius 2 is 1.93 bits per heavy atom. The molecule has 0 bridgehead atoms. The molecule has 1 aliphatic heterocycles. The number of carbonyl (C=O) groups is 1. The summed E-state index contributed by atoms with van der Waals surface area (Å²) >= 11 is 0. The molecular weight excluding hydrogens is 345 g/mol. The van der Waals surface area contributed by atoms with Gasteiger partial charge >= 0.3 is 0 Å². The van der Waals surface area contributed by atoms with Gasteiger partial charge in [-0.05, 0) is 50.6 Å². The summed E-state index contributed by atoms with van der Waals surface area (Å²) < 4.78 is 15.0. The molecule has 1 aliphatic rings. The third-order valence-corrected chi connectivity index (χ3v) is 5.05. The average Bonchev–Trinajstić information content (AvgIpc) is 2.97. The lowest BCUT2D eigenvalue weighted by Gasteiger charge is -2.33. The second kappa shape index (κ2) is 8.99. The molecule has 2 aromatic rings. The van der Waals surface area contributed by atoms with Crippen LogP contribution in [0.3, 0.4) is 0 Å². The number of piperazine rings is 1. The predicted octanol–water partition coefficient (Wildman–Crippen LogP) is 0.550. The summed E-state index contributed by atoms with van der Waals surface area (Å²) in [6, 6.07) is 8.68. The van der Waals surface area contributed by atoms with Crippen LogP contribution in [0.5, 0.6) is 0 Å². The molecule has 2 heterocycles. The molecule has 2 N–H and O–H groups in total. The first-order valence-corrected chi connectivity index (χ1v) is 9.63. The summed E-state index contributed by atoms with van der Waals surface area (Å²) in [5, 5.41) is 7.45. The smallest absolute Gasteiger partial charge is 0.275 e. The van der Waals surface area contributed by atoms with Crippen molar-refractivity contribution in [2.24, 2.45) is 0 Å². The number of nitrogens with zero attached hydrogens (tertiary/aromatic N) is 3. The summed E-state index contributed by atoms with van der Waals surface area (Å²) in [6.07, 6.45) is 0.876. The normalized spacial score (nSPS) is 15.1. The predicted molar refractivity (Wildman–Crippen MR) is 104 cm³/mol. The third-order valence-electron chi connectivity index (χ3n) is 5.05. The van der Waals surface area contributed by atoms with E-state index in [4.69, 9.17) is 0 Å². The lowest BCUT2D eigenvalue weighted by Crippen LogP contribution is -3.15. The molecule has 0 radical (unpaired) electrons. The number of aryl methyl sites for hydroxylation is 3. The van der Waals surface area contributed by atoms with E-state index in [-0.39, 0.29) is 11.7 Å². The molecular formula is C20H29FN5O+. The van der Waals surface area contributed by atoms with Gasteiger partial charge < -0.3 is 15.1 Å². The van der Waals surface area contributed by atoms with Crippen molar-refractivity contribution in [3.63, 3.8) is 0 Å². The molecule has 1 aromatic heterocycles. The van der Waals surface area contributed by atoms with E-state index in [0.29, 0.717) is 13.1 Å². The highest BCUT2D eigenvalue weighted by atomic mass is 19.1. The first kappa shape index (κ1) is 19.4. The molecule has 7 heteroatoms. The molecule has 0 atom stereocenters. The first-order chi connectivity index (χ1) is 13.0. The van der Waals surface area contributed by atoms with Crippen molar-refractivity contribution in [2.75, 3.05) is 44.2 Å². The van der Waals surface area contributed by atoms with E-state index in [1.165, 1.54) is 17.0 Å². The highest BCUT2D eigenvalue weighted by Crippen LogP contribution is 2.14. The zero-order chi connectivity index (χ0) is 19.2. The lowest BCUT2D eigenvalue weighted by molar-refractivity contribution is -0.892. The minimum absolute atomic E-state index is 0.105. The monoisotopic (exact) mass is 374 g/mol. The Labute approximate surface area is 160 Å². The number of quaternary nitrogens is 1. The molecule has 0 unspecified atom stereocenters. The van der Waals surface area contributed by atoms with Crippen LogP contribution in [0, 0.1) is 19.7 Å². The molecule has 0 saturated carbocycles. The number of hydrogen-bond donors (Lipinski definition) is 2. The first-order valence-electron chi connectivity index (χ1n) is 9.63. The van der Waals surface area contributed by atoms with Gasteiger partial charge in [0.25, 0.3) is 5.91 Å². The van der Waals surface area contributed by atoms with E-state index in [1.807, 2.05) is 30.7 Å². The van der Waals surface area contributed by atoms with Crippen LogP contribution >= 0.6 is 0 Å². The van der Waals surface area contributed by atoms with E-state index in [0.717, 1.165) is 56.2 Å². The van der Waals surface area contributed by atoms with Crippen LogP contribution in [0.2, 0.25) is 0 Å². The highest BCUT2D eigenvalue weighted by Gasteiger charge is 2.22. The summed E-state index contributed by atoms with van der Waals surface area (Å²) in [5.41, 5.74) is 3.23. The van der Waals surface area contributed by atoms with Gasteiger partial charge in [-0.3, -0.25) is 9.48 Å². The number of anilines is 1. The Kier molecular flexibility index (Phi) is 6.45. The molecule has 0 aliphatic carbocycles.